The second kappa shape index (κ2) is 10.3. The molecular weight excluding hydrogens is 474 g/mol. The molecule has 194 valence electrons. The van der Waals surface area contributed by atoms with E-state index in [1.165, 1.54) is 19.3 Å². The molecule has 1 aliphatic carbocycles. The number of pyridine rings is 2. The average molecular weight is 506 g/mol. The number of nitrogens with one attached hydrogen (secondary N) is 2. The molecule has 11 nitrogen and oxygen atoms in total. The standard InChI is InChI=1S/C26H31N7O4/c1-15-11-27-8-9-32(15)26(36)37-23-14-29-22(13-30-23)31-21-10-20-19(12-28-21)16(2)24(17(3)34)25(35)33(20)18-6-4-5-7-18/h10,12-15,18,27H,4-9,11H2,1-3H3,(H,28,29,31). The second-order valence-electron chi connectivity index (χ2n) is 9.74. The molecule has 1 atom stereocenters. The number of ether oxygens (including phenoxy) is 1. The maximum atomic E-state index is 13.4. The van der Waals surface area contributed by atoms with Gasteiger partial charge in [-0.3, -0.25) is 9.59 Å². The molecule has 0 aromatic carbocycles. The van der Waals surface area contributed by atoms with Crippen molar-refractivity contribution in [1.29, 1.82) is 0 Å². The summed E-state index contributed by atoms with van der Waals surface area (Å²) in [6, 6.07) is 1.90. The Morgan fingerprint density at radius 1 is 1.11 bits per heavy atom. The first kappa shape index (κ1) is 24.8. The van der Waals surface area contributed by atoms with E-state index >= 15 is 0 Å². The maximum absolute atomic E-state index is 13.4. The lowest BCUT2D eigenvalue weighted by Crippen LogP contribution is -2.53. The summed E-state index contributed by atoms with van der Waals surface area (Å²) in [7, 11) is 0. The first-order valence-corrected chi connectivity index (χ1v) is 12.7. The van der Waals surface area contributed by atoms with Gasteiger partial charge in [0.15, 0.2) is 5.78 Å². The Bertz CT molecular complexity index is 1400. The van der Waals surface area contributed by atoms with E-state index in [0.29, 0.717) is 30.3 Å². The van der Waals surface area contributed by atoms with E-state index in [9.17, 15) is 14.4 Å². The van der Waals surface area contributed by atoms with E-state index in [4.69, 9.17) is 4.74 Å². The predicted octanol–water partition coefficient (Wildman–Crippen LogP) is 3.35. The summed E-state index contributed by atoms with van der Waals surface area (Å²) in [5.74, 6) is 0.771. The van der Waals surface area contributed by atoms with Crippen LogP contribution in [-0.4, -0.2) is 62.0 Å². The lowest BCUT2D eigenvalue weighted by Gasteiger charge is -2.32. The number of aryl methyl sites for hydroxylation is 1. The highest BCUT2D eigenvalue weighted by Crippen LogP contribution is 2.33. The molecule has 37 heavy (non-hydrogen) atoms. The summed E-state index contributed by atoms with van der Waals surface area (Å²) < 4.78 is 7.16. The molecule has 3 aromatic heterocycles. The zero-order valence-corrected chi connectivity index (χ0v) is 21.3. The molecule has 1 saturated carbocycles. The lowest BCUT2D eigenvalue weighted by molar-refractivity contribution is 0.101. The summed E-state index contributed by atoms with van der Waals surface area (Å²) in [6.07, 6.45) is 7.98. The monoisotopic (exact) mass is 505 g/mol. The normalized spacial score (nSPS) is 18.2. The van der Waals surface area contributed by atoms with Crippen LogP contribution in [0.4, 0.5) is 16.4 Å². The van der Waals surface area contributed by atoms with Crippen LogP contribution in [0.25, 0.3) is 10.9 Å². The number of hydrogen-bond acceptors (Lipinski definition) is 9. The van der Waals surface area contributed by atoms with Gasteiger partial charge in [-0.05, 0) is 39.2 Å². The first-order valence-electron chi connectivity index (χ1n) is 12.7. The summed E-state index contributed by atoms with van der Waals surface area (Å²) in [5.41, 5.74) is 1.37. The number of carbonyl (C=O) groups excluding carboxylic acids is 2. The number of amides is 1. The van der Waals surface area contributed by atoms with Crippen molar-refractivity contribution in [2.75, 3.05) is 25.0 Å². The lowest BCUT2D eigenvalue weighted by atomic mass is 10.0. The van der Waals surface area contributed by atoms with Gasteiger partial charge in [-0.25, -0.2) is 19.7 Å². The molecule has 11 heteroatoms. The number of anilines is 2. The van der Waals surface area contributed by atoms with Gasteiger partial charge in [-0.2, -0.15) is 0 Å². The molecule has 1 amide bonds. The van der Waals surface area contributed by atoms with Crippen LogP contribution in [0.1, 0.15) is 61.5 Å². The van der Waals surface area contributed by atoms with Gasteiger partial charge in [0.1, 0.15) is 11.6 Å². The highest BCUT2D eigenvalue weighted by molar-refractivity contribution is 6.00. The van der Waals surface area contributed by atoms with Gasteiger partial charge in [-0.15, -0.1) is 0 Å². The first-order chi connectivity index (χ1) is 17.8. The third-order valence-corrected chi connectivity index (χ3v) is 7.21. The minimum Gasteiger partial charge on any atom is -0.389 e. The molecule has 4 heterocycles. The Labute approximate surface area is 214 Å². The maximum Gasteiger partial charge on any atom is 0.416 e. The van der Waals surface area contributed by atoms with Crippen LogP contribution in [0.3, 0.4) is 0 Å². The predicted molar refractivity (Wildman–Crippen MR) is 139 cm³/mol. The van der Waals surface area contributed by atoms with Crippen LogP contribution >= 0.6 is 0 Å². The van der Waals surface area contributed by atoms with E-state index in [1.54, 1.807) is 22.6 Å². The topological polar surface area (TPSA) is 131 Å². The Kier molecular flexibility index (Phi) is 6.88. The number of ketones is 1. The van der Waals surface area contributed by atoms with Crippen LogP contribution in [0.5, 0.6) is 5.88 Å². The molecule has 5 rings (SSSR count). The van der Waals surface area contributed by atoms with Gasteiger partial charge in [0.25, 0.3) is 5.56 Å². The van der Waals surface area contributed by atoms with Crippen molar-refractivity contribution < 1.29 is 14.3 Å². The van der Waals surface area contributed by atoms with Crippen molar-refractivity contribution in [3.05, 3.63) is 46.1 Å². The van der Waals surface area contributed by atoms with Gasteiger partial charge in [-0.1, -0.05) is 12.8 Å². The number of Topliss-reactive ketones (excluding diaryl/α,β-unsaturated/α-hetero) is 1. The molecule has 3 aromatic rings. The number of hydrogen-bond donors (Lipinski definition) is 2. The fourth-order valence-electron chi connectivity index (χ4n) is 5.29. The Morgan fingerprint density at radius 3 is 2.54 bits per heavy atom. The van der Waals surface area contributed by atoms with Gasteiger partial charge in [0, 0.05) is 49.4 Å². The van der Waals surface area contributed by atoms with E-state index in [2.05, 4.69) is 25.6 Å². The number of nitrogens with zero attached hydrogens (tertiary/aromatic N) is 5. The highest BCUT2D eigenvalue weighted by Gasteiger charge is 2.26. The minimum absolute atomic E-state index is 0.0333. The molecule has 0 bridgehead atoms. The van der Waals surface area contributed by atoms with Crippen LogP contribution in [0, 0.1) is 6.92 Å². The fourth-order valence-corrected chi connectivity index (χ4v) is 5.29. The molecular formula is C26H31N7O4. The number of piperazine rings is 1. The van der Waals surface area contributed by atoms with Gasteiger partial charge < -0.3 is 24.8 Å². The largest absolute Gasteiger partial charge is 0.416 e. The SMILES string of the molecule is CC(=O)c1c(C)c2cnc(Nc3cnc(OC(=O)N4CCNCC4C)cn3)cc2n(C2CCCC2)c1=O. The molecule has 1 aliphatic heterocycles. The smallest absolute Gasteiger partial charge is 0.389 e. The van der Waals surface area contributed by atoms with Crippen molar-refractivity contribution >= 4 is 34.4 Å². The summed E-state index contributed by atoms with van der Waals surface area (Å²) >= 11 is 0. The van der Waals surface area contributed by atoms with Crippen LogP contribution in [-0.2, 0) is 0 Å². The van der Waals surface area contributed by atoms with Crippen LogP contribution < -0.4 is 20.9 Å². The third kappa shape index (κ3) is 4.91. The highest BCUT2D eigenvalue weighted by atomic mass is 16.6. The molecule has 2 N–H and O–H groups in total. The van der Waals surface area contributed by atoms with Crippen molar-refractivity contribution in [3.8, 4) is 5.88 Å². The molecule has 1 saturated heterocycles. The summed E-state index contributed by atoms with van der Waals surface area (Å²) in [6.45, 7) is 7.18. The van der Waals surface area contributed by atoms with E-state index in [1.807, 2.05) is 13.0 Å². The van der Waals surface area contributed by atoms with Crippen molar-refractivity contribution in [2.45, 2.75) is 58.5 Å². The quantitative estimate of drug-likeness (QED) is 0.501. The van der Waals surface area contributed by atoms with E-state index in [0.717, 1.165) is 43.1 Å². The Morgan fingerprint density at radius 2 is 1.86 bits per heavy atom. The zero-order valence-electron chi connectivity index (χ0n) is 21.3. The summed E-state index contributed by atoms with van der Waals surface area (Å²) in [5, 5.41) is 7.12. The third-order valence-electron chi connectivity index (χ3n) is 7.21. The molecule has 1 unspecified atom stereocenters. The van der Waals surface area contributed by atoms with Gasteiger partial charge in [0.05, 0.1) is 23.5 Å². The van der Waals surface area contributed by atoms with Crippen molar-refractivity contribution in [1.82, 2.24) is 29.7 Å². The molecule has 0 radical (unpaired) electrons. The minimum atomic E-state index is -0.453. The zero-order chi connectivity index (χ0) is 26.1. The average Bonchev–Trinajstić information content (AvgIpc) is 3.40. The number of rotatable bonds is 5. The van der Waals surface area contributed by atoms with Crippen LogP contribution in [0.15, 0.2) is 29.5 Å². The van der Waals surface area contributed by atoms with Gasteiger partial charge >= 0.3 is 6.09 Å². The molecule has 2 fully saturated rings. The molecule has 2 aliphatic rings. The Hall–Kier alpha value is -3.86. The van der Waals surface area contributed by atoms with E-state index in [-0.39, 0.29) is 34.9 Å². The number of carbonyl (C=O) groups is 2. The fraction of sp³-hybridized carbons (Fsp3) is 0.462. The number of aromatic nitrogens is 4. The van der Waals surface area contributed by atoms with Crippen molar-refractivity contribution in [2.24, 2.45) is 0 Å². The Balaban J connectivity index is 1.40. The second-order valence-corrected chi connectivity index (χ2v) is 9.74. The summed E-state index contributed by atoms with van der Waals surface area (Å²) in [4.78, 5) is 52.8. The number of fused-ring (bicyclic) bond motifs is 1. The van der Waals surface area contributed by atoms with Crippen molar-refractivity contribution in [3.63, 3.8) is 0 Å². The molecule has 0 spiro atoms. The van der Waals surface area contributed by atoms with Crippen LogP contribution in [0.2, 0.25) is 0 Å². The van der Waals surface area contributed by atoms with E-state index < -0.39 is 6.09 Å². The van der Waals surface area contributed by atoms with Gasteiger partial charge in [0.2, 0.25) is 5.88 Å².